The summed E-state index contributed by atoms with van der Waals surface area (Å²) in [6.07, 6.45) is 0. The molecule has 5 nitrogen and oxygen atoms in total. The second kappa shape index (κ2) is 11.3. The van der Waals surface area contributed by atoms with Crippen molar-refractivity contribution in [2.45, 2.75) is 48.5 Å². The van der Waals surface area contributed by atoms with E-state index >= 15 is 0 Å². The Morgan fingerprint density at radius 1 is 0.632 bits per heavy atom. The van der Waals surface area contributed by atoms with Gasteiger partial charge in [-0.1, -0.05) is 17.7 Å². The zero-order chi connectivity index (χ0) is 27.2. The van der Waals surface area contributed by atoms with E-state index in [-0.39, 0.29) is 21.1 Å². The van der Waals surface area contributed by atoms with Crippen molar-refractivity contribution in [3.05, 3.63) is 102 Å². The summed E-state index contributed by atoms with van der Waals surface area (Å²) in [5.41, 5.74) is 16.0. The van der Waals surface area contributed by atoms with Crippen LogP contribution >= 0.6 is 0 Å². The average molecular weight is 685 g/mol. The Hall–Kier alpha value is -3.22. The first-order chi connectivity index (χ1) is 17.5. The van der Waals surface area contributed by atoms with Gasteiger partial charge in [0.15, 0.2) is 0 Å². The number of anilines is 4. The molecule has 0 spiro atoms. The van der Waals surface area contributed by atoms with Crippen LogP contribution in [0.2, 0.25) is 0 Å². The topological polar surface area (TPSA) is 36.8 Å². The number of hydrogen-bond acceptors (Lipinski definition) is 5. The van der Waals surface area contributed by atoms with Gasteiger partial charge < -0.3 is 31.4 Å². The summed E-state index contributed by atoms with van der Waals surface area (Å²) in [4.78, 5) is 8.91. The number of fused-ring (bicyclic) bond motifs is 1. The Kier molecular flexibility index (Phi) is 8.69. The number of allylic oxidation sites excluding steroid dienone is 2. The first kappa shape index (κ1) is 29.3. The summed E-state index contributed by atoms with van der Waals surface area (Å²) in [5.74, 6) is 0. The number of aryl methyl sites for hydroxylation is 5. The third kappa shape index (κ3) is 5.07. The van der Waals surface area contributed by atoms with Gasteiger partial charge in [-0.05, 0) is 108 Å². The summed E-state index contributed by atoms with van der Waals surface area (Å²) in [6.45, 7) is 24.4. The maximum Gasteiger partial charge on any atom is 4.00 e. The fourth-order valence-corrected chi connectivity index (χ4v) is 5.35. The van der Waals surface area contributed by atoms with Gasteiger partial charge in [-0.15, -0.1) is 35.1 Å². The minimum Gasteiger partial charge on any atom is -0.512 e. The van der Waals surface area contributed by atoms with Crippen LogP contribution in [0.5, 0.6) is 0 Å². The Labute approximate surface area is 243 Å². The Morgan fingerprint density at radius 2 is 1.13 bits per heavy atom. The van der Waals surface area contributed by atoms with E-state index in [2.05, 4.69) is 138 Å². The summed E-state index contributed by atoms with van der Waals surface area (Å²) in [6, 6.07) is 17.4. The largest absolute Gasteiger partial charge is 4.00 e. The molecule has 0 aliphatic carbocycles. The molecule has 6 heteroatoms. The van der Waals surface area contributed by atoms with Crippen molar-refractivity contribution in [3.63, 3.8) is 0 Å². The fraction of sp³-hybridized carbons (Fsp3) is 0.281. The first-order valence-electron chi connectivity index (χ1n) is 12.5. The third-order valence-electron chi connectivity index (χ3n) is 7.55. The average Bonchev–Trinajstić information content (AvgIpc) is 3.30. The van der Waals surface area contributed by atoms with E-state index < -0.39 is 0 Å². The summed E-state index contributed by atoms with van der Waals surface area (Å²) in [7, 11) is 4.22. The van der Waals surface area contributed by atoms with Crippen LogP contribution in [-0.2, 0) is 21.1 Å². The van der Waals surface area contributed by atoms with E-state index in [1.165, 1.54) is 61.7 Å². The molecule has 198 valence electrons. The van der Waals surface area contributed by atoms with Crippen molar-refractivity contribution in [3.8, 4) is 11.1 Å². The van der Waals surface area contributed by atoms with E-state index in [9.17, 15) is 0 Å². The zero-order valence-corrected chi connectivity index (χ0v) is 25.9. The van der Waals surface area contributed by atoms with Crippen molar-refractivity contribution < 1.29 is 21.1 Å². The van der Waals surface area contributed by atoms with Crippen molar-refractivity contribution in [2.75, 3.05) is 28.8 Å². The first-order valence-corrected chi connectivity index (χ1v) is 12.5. The molecule has 2 heterocycles. The normalized spacial score (nSPS) is 14.4. The van der Waals surface area contributed by atoms with E-state index in [1.54, 1.807) is 0 Å². The standard InChI is InChI=1S/C31H35N4.CN.Pt/c1-19-10-22(4)31(23(5)11-19)26-14-27(34-17-32(8)24(6)25(34)7)16-28(15-26)35-18-33(9)29-12-20(2)21(3)13-30(29)35;1-2;/h10-15,17-18H,1-9H3;;/q-3;-1;+4. The molecule has 0 radical (unpaired) electrons. The minimum absolute atomic E-state index is 0. The predicted molar refractivity (Wildman–Crippen MR) is 154 cm³/mol. The van der Waals surface area contributed by atoms with Gasteiger partial charge in [-0.25, -0.2) is 0 Å². The molecule has 0 aromatic heterocycles. The minimum atomic E-state index is 0. The monoisotopic (exact) mass is 684 g/mol. The molecule has 2 aliphatic heterocycles. The molecule has 0 atom stereocenters. The molecule has 0 saturated carbocycles. The molecule has 0 fully saturated rings. The second-order valence-corrected chi connectivity index (χ2v) is 10.2. The van der Waals surface area contributed by atoms with E-state index in [0.717, 1.165) is 11.4 Å². The molecule has 0 saturated heterocycles. The molecule has 3 aromatic carbocycles. The molecule has 3 aromatic rings. The molecule has 0 N–H and O–H groups in total. The van der Waals surface area contributed by atoms with Crippen LogP contribution < -0.4 is 14.7 Å². The summed E-state index contributed by atoms with van der Waals surface area (Å²) in [5, 5.41) is 6.25. The maximum absolute atomic E-state index is 6.25. The molecule has 0 amide bonds. The summed E-state index contributed by atoms with van der Waals surface area (Å²) < 4.78 is 0. The van der Waals surface area contributed by atoms with Crippen LogP contribution in [0.4, 0.5) is 22.7 Å². The number of rotatable bonds is 3. The van der Waals surface area contributed by atoms with Crippen LogP contribution in [0, 0.1) is 65.9 Å². The quantitative estimate of drug-likeness (QED) is 0.266. The van der Waals surface area contributed by atoms with Crippen LogP contribution in [-0.4, -0.2) is 19.0 Å². The molecule has 2 aliphatic rings. The van der Waals surface area contributed by atoms with Crippen molar-refractivity contribution in [1.29, 1.82) is 5.26 Å². The van der Waals surface area contributed by atoms with Gasteiger partial charge in [0.05, 0.1) is 0 Å². The van der Waals surface area contributed by atoms with Gasteiger partial charge in [0.2, 0.25) is 0 Å². The van der Waals surface area contributed by atoms with E-state index in [0.29, 0.717) is 0 Å². The Balaban J connectivity index is 0.00000130. The van der Waals surface area contributed by atoms with Crippen LogP contribution in [0.1, 0.15) is 41.7 Å². The molecular weight excluding hydrogens is 649 g/mol. The third-order valence-corrected chi connectivity index (χ3v) is 7.55. The van der Waals surface area contributed by atoms with Crippen LogP contribution in [0.3, 0.4) is 0 Å². The number of nitrogens with zero attached hydrogens (tertiary/aromatic N) is 5. The van der Waals surface area contributed by atoms with E-state index in [4.69, 9.17) is 11.8 Å². The Morgan fingerprint density at radius 3 is 1.66 bits per heavy atom. The predicted octanol–water partition coefficient (Wildman–Crippen LogP) is 7.62. The number of hydrogen-bond donors (Lipinski definition) is 0. The van der Waals surface area contributed by atoms with Crippen molar-refractivity contribution in [2.24, 2.45) is 0 Å². The molecular formula is C32H35N5Pt. The van der Waals surface area contributed by atoms with Gasteiger partial charge in [-0.2, -0.15) is 13.3 Å². The maximum atomic E-state index is 6.25. The number of benzene rings is 3. The van der Waals surface area contributed by atoms with Gasteiger partial charge in [0.1, 0.15) is 0 Å². The van der Waals surface area contributed by atoms with Crippen molar-refractivity contribution >= 4 is 22.7 Å². The smallest absolute Gasteiger partial charge is 0.512 e. The molecule has 5 rings (SSSR count). The van der Waals surface area contributed by atoms with Gasteiger partial charge in [-0.3, -0.25) is 0 Å². The fourth-order valence-electron chi connectivity index (χ4n) is 5.35. The summed E-state index contributed by atoms with van der Waals surface area (Å²) >= 11 is 0. The SMILES string of the molecule is CC1=C(C)N(c2[c-]c(N3[CH-]N(C)c4cc(C)c(C)cc43)cc(-c3c(C)cc(C)cc3C)c2)[CH-]N1C.[C-]#N.[Pt+4]. The second-order valence-electron chi connectivity index (χ2n) is 10.2. The van der Waals surface area contributed by atoms with Gasteiger partial charge in [0, 0.05) is 17.1 Å². The van der Waals surface area contributed by atoms with Gasteiger partial charge in [0.25, 0.3) is 0 Å². The molecule has 0 bridgehead atoms. The molecule has 0 unspecified atom stereocenters. The zero-order valence-electron chi connectivity index (χ0n) is 23.7. The van der Waals surface area contributed by atoms with E-state index in [1.807, 2.05) is 0 Å². The van der Waals surface area contributed by atoms with Crippen molar-refractivity contribution in [1.82, 2.24) is 4.90 Å². The Bertz CT molecular complexity index is 1400. The van der Waals surface area contributed by atoms with Gasteiger partial charge >= 0.3 is 21.1 Å². The molecule has 38 heavy (non-hydrogen) atoms. The van der Waals surface area contributed by atoms with Crippen LogP contribution in [0.25, 0.3) is 11.1 Å². The van der Waals surface area contributed by atoms with Crippen LogP contribution in [0.15, 0.2) is 47.8 Å².